The third kappa shape index (κ3) is 2.44. The van der Waals surface area contributed by atoms with Crippen LogP contribution in [0.1, 0.15) is 31.9 Å². The van der Waals surface area contributed by atoms with Gasteiger partial charge in [-0.1, -0.05) is 13.0 Å². The van der Waals surface area contributed by atoms with Crippen molar-refractivity contribution in [2.75, 3.05) is 26.7 Å². The van der Waals surface area contributed by atoms with Crippen LogP contribution >= 0.6 is 0 Å². The SMILES string of the molecule is CCC1C2CNCC2CN1C(C)c1c(F)cccc1OC. The van der Waals surface area contributed by atoms with E-state index in [2.05, 4.69) is 24.1 Å². The predicted octanol–water partition coefficient (Wildman–Crippen LogP) is 2.83. The van der Waals surface area contributed by atoms with E-state index < -0.39 is 0 Å². The molecular weight excluding hydrogens is 267 g/mol. The zero-order valence-electron chi connectivity index (χ0n) is 13.1. The van der Waals surface area contributed by atoms with Crippen molar-refractivity contribution in [1.82, 2.24) is 10.2 Å². The van der Waals surface area contributed by atoms with E-state index in [4.69, 9.17) is 4.74 Å². The number of fused-ring (bicyclic) bond motifs is 1. The van der Waals surface area contributed by atoms with Gasteiger partial charge in [-0.2, -0.15) is 0 Å². The molecule has 0 aliphatic carbocycles. The molecule has 2 aliphatic heterocycles. The van der Waals surface area contributed by atoms with Crippen molar-refractivity contribution in [2.24, 2.45) is 11.8 Å². The molecule has 0 bridgehead atoms. The van der Waals surface area contributed by atoms with Gasteiger partial charge < -0.3 is 10.1 Å². The molecule has 116 valence electrons. The lowest BCUT2D eigenvalue weighted by molar-refractivity contribution is 0.160. The van der Waals surface area contributed by atoms with Crippen LogP contribution in [0, 0.1) is 17.7 Å². The van der Waals surface area contributed by atoms with Crippen LogP contribution in [0.3, 0.4) is 0 Å². The number of likely N-dealkylation sites (tertiary alicyclic amines) is 1. The Hall–Kier alpha value is -1.13. The van der Waals surface area contributed by atoms with Crippen molar-refractivity contribution >= 4 is 0 Å². The quantitative estimate of drug-likeness (QED) is 0.923. The lowest BCUT2D eigenvalue weighted by atomic mass is 9.92. The van der Waals surface area contributed by atoms with Crippen LogP contribution in [0.25, 0.3) is 0 Å². The van der Waals surface area contributed by atoms with Gasteiger partial charge in [-0.15, -0.1) is 0 Å². The van der Waals surface area contributed by atoms with Gasteiger partial charge in [-0.3, -0.25) is 4.90 Å². The van der Waals surface area contributed by atoms with E-state index in [0.29, 0.717) is 29.2 Å². The second kappa shape index (κ2) is 5.93. The van der Waals surface area contributed by atoms with E-state index in [0.717, 1.165) is 26.1 Å². The minimum absolute atomic E-state index is 0.0525. The molecule has 4 unspecified atom stereocenters. The van der Waals surface area contributed by atoms with Crippen molar-refractivity contribution in [3.05, 3.63) is 29.6 Å². The predicted molar refractivity (Wildman–Crippen MR) is 82.0 cm³/mol. The first-order valence-corrected chi connectivity index (χ1v) is 7.96. The normalized spacial score (nSPS) is 30.4. The molecule has 2 heterocycles. The van der Waals surface area contributed by atoms with Gasteiger partial charge in [-0.05, 0) is 50.4 Å². The fourth-order valence-electron chi connectivity index (χ4n) is 4.30. The third-order valence-corrected chi connectivity index (χ3v) is 5.32. The average molecular weight is 292 g/mol. The van der Waals surface area contributed by atoms with E-state index in [1.165, 1.54) is 6.07 Å². The zero-order chi connectivity index (χ0) is 15.0. The second-order valence-corrected chi connectivity index (χ2v) is 6.29. The van der Waals surface area contributed by atoms with Crippen molar-refractivity contribution in [2.45, 2.75) is 32.4 Å². The molecule has 4 heteroatoms. The molecular formula is C17H25FN2O. The lowest BCUT2D eigenvalue weighted by Gasteiger charge is -2.33. The summed E-state index contributed by atoms with van der Waals surface area (Å²) in [5, 5.41) is 3.50. The molecule has 0 radical (unpaired) electrons. The molecule has 1 aromatic carbocycles. The van der Waals surface area contributed by atoms with Gasteiger partial charge in [0.05, 0.1) is 7.11 Å². The van der Waals surface area contributed by atoms with Crippen LogP contribution in [-0.4, -0.2) is 37.7 Å². The Morgan fingerprint density at radius 2 is 2.24 bits per heavy atom. The highest BCUT2D eigenvalue weighted by atomic mass is 19.1. The standard InChI is InChI=1S/C17H25FN2O/c1-4-15-13-9-19-8-12(13)10-20(15)11(2)17-14(18)6-5-7-16(17)21-3/h5-7,11-13,15,19H,4,8-10H2,1-3H3. The van der Waals surface area contributed by atoms with E-state index in [-0.39, 0.29) is 11.9 Å². The van der Waals surface area contributed by atoms with Gasteiger partial charge >= 0.3 is 0 Å². The van der Waals surface area contributed by atoms with E-state index in [1.807, 2.05) is 6.07 Å². The van der Waals surface area contributed by atoms with Crippen molar-refractivity contribution in [3.63, 3.8) is 0 Å². The highest BCUT2D eigenvalue weighted by Gasteiger charge is 2.45. The summed E-state index contributed by atoms with van der Waals surface area (Å²) < 4.78 is 19.7. The minimum atomic E-state index is -0.160. The molecule has 2 fully saturated rings. The summed E-state index contributed by atoms with van der Waals surface area (Å²) in [6, 6.07) is 5.69. The van der Waals surface area contributed by atoms with Gasteiger partial charge in [0.2, 0.25) is 0 Å². The number of hydrogen-bond donors (Lipinski definition) is 1. The molecule has 3 rings (SSSR count). The number of nitrogens with one attached hydrogen (secondary N) is 1. The summed E-state index contributed by atoms with van der Waals surface area (Å²) in [7, 11) is 1.62. The number of methoxy groups -OCH3 is 1. The Kier molecular flexibility index (Phi) is 4.18. The second-order valence-electron chi connectivity index (χ2n) is 6.29. The molecule has 0 aromatic heterocycles. The molecule has 1 aromatic rings. The fourth-order valence-corrected chi connectivity index (χ4v) is 4.30. The van der Waals surface area contributed by atoms with Crippen LogP contribution in [0.2, 0.25) is 0 Å². The molecule has 0 amide bonds. The van der Waals surface area contributed by atoms with Crippen LogP contribution in [0.4, 0.5) is 4.39 Å². The van der Waals surface area contributed by atoms with Gasteiger partial charge in [0.1, 0.15) is 11.6 Å². The first-order valence-electron chi connectivity index (χ1n) is 7.96. The number of hydrogen-bond acceptors (Lipinski definition) is 3. The number of ether oxygens (including phenoxy) is 1. The molecule has 21 heavy (non-hydrogen) atoms. The Morgan fingerprint density at radius 1 is 1.43 bits per heavy atom. The Morgan fingerprint density at radius 3 is 2.95 bits per heavy atom. The monoisotopic (exact) mass is 292 g/mol. The fraction of sp³-hybridized carbons (Fsp3) is 0.647. The Bertz CT molecular complexity index is 508. The molecule has 1 N–H and O–H groups in total. The average Bonchev–Trinajstić information content (AvgIpc) is 3.06. The van der Waals surface area contributed by atoms with Crippen LogP contribution < -0.4 is 10.1 Å². The first-order chi connectivity index (χ1) is 10.2. The van der Waals surface area contributed by atoms with Crippen molar-refractivity contribution in [3.8, 4) is 5.75 Å². The zero-order valence-corrected chi connectivity index (χ0v) is 13.1. The number of halogens is 1. The van der Waals surface area contributed by atoms with Crippen LogP contribution in [0.5, 0.6) is 5.75 Å². The summed E-state index contributed by atoms with van der Waals surface area (Å²) >= 11 is 0. The molecule has 2 aliphatic rings. The van der Waals surface area contributed by atoms with E-state index in [1.54, 1.807) is 13.2 Å². The Balaban J connectivity index is 1.90. The van der Waals surface area contributed by atoms with Crippen LogP contribution in [0.15, 0.2) is 18.2 Å². The van der Waals surface area contributed by atoms with E-state index >= 15 is 0 Å². The first kappa shape index (κ1) is 14.8. The third-order valence-electron chi connectivity index (χ3n) is 5.32. The molecule has 3 nitrogen and oxygen atoms in total. The van der Waals surface area contributed by atoms with Crippen molar-refractivity contribution in [1.29, 1.82) is 0 Å². The minimum Gasteiger partial charge on any atom is -0.496 e. The largest absolute Gasteiger partial charge is 0.496 e. The van der Waals surface area contributed by atoms with Gasteiger partial charge in [-0.25, -0.2) is 4.39 Å². The lowest BCUT2D eigenvalue weighted by Crippen LogP contribution is -2.37. The number of rotatable bonds is 4. The molecule has 4 atom stereocenters. The van der Waals surface area contributed by atoms with Crippen molar-refractivity contribution < 1.29 is 9.13 Å². The summed E-state index contributed by atoms with van der Waals surface area (Å²) in [5.41, 5.74) is 0.700. The Labute approximate surface area is 126 Å². The summed E-state index contributed by atoms with van der Waals surface area (Å²) in [6.07, 6.45) is 1.12. The topological polar surface area (TPSA) is 24.5 Å². The van der Waals surface area contributed by atoms with Gasteiger partial charge in [0, 0.05) is 24.2 Å². The van der Waals surface area contributed by atoms with E-state index in [9.17, 15) is 4.39 Å². The maximum absolute atomic E-state index is 14.3. The summed E-state index contributed by atoms with van der Waals surface area (Å²) in [6.45, 7) is 7.59. The summed E-state index contributed by atoms with van der Waals surface area (Å²) in [5.74, 6) is 1.91. The maximum Gasteiger partial charge on any atom is 0.131 e. The van der Waals surface area contributed by atoms with Gasteiger partial charge in [0.25, 0.3) is 0 Å². The number of nitrogens with zero attached hydrogens (tertiary/aromatic N) is 1. The highest BCUT2D eigenvalue weighted by molar-refractivity contribution is 5.37. The molecule has 2 saturated heterocycles. The number of benzene rings is 1. The van der Waals surface area contributed by atoms with Gasteiger partial charge in [0.15, 0.2) is 0 Å². The smallest absolute Gasteiger partial charge is 0.131 e. The molecule has 0 spiro atoms. The maximum atomic E-state index is 14.3. The highest BCUT2D eigenvalue weighted by Crippen LogP contribution is 2.41. The summed E-state index contributed by atoms with van der Waals surface area (Å²) in [4.78, 5) is 2.48. The van der Waals surface area contributed by atoms with Crippen LogP contribution in [-0.2, 0) is 0 Å². The molecule has 0 saturated carbocycles.